The zero-order valence-corrected chi connectivity index (χ0v) is 19.9. The number of alkyl halides is 3. The molecule has 0 atom stereocenters. The van der Waals surface area contributed by atoms with Gasteiger partial charge in [0.1, 0.15) is 11.5 Å². The zero-order valence-electron chi connectivity index (χ0n) is 18.4. The van der Waals surface area contributed by atoms with Gasteiger partial charge in [-0.2, -0.15) is 0 Å². The van der Waals surface area contributed by atoms with Crippen molar-refractivity contribution in [2.45, 2.75) is 65.7 Å². The molecule has 2 aromatic rings. The Morgan fingerprint density at radius 1 is 0.700 bits per heavy atom. The molecular formula is C23H29Cl2F3O2. The highest BCUT2D eigenvalue weighted by Gasteiger charge is 2.31. The first-order valence-corrected chi connectivity index (χ1v) is 10.3. The summed E-state index contributed by atoms with van der Waals surface area (Å²) >= 11 is 11.7. The van der Waals surface area contributed by atoms with E-state index in [2.05, 4.69) is 31.6 Å². The quantitative estimate of drug-likeness (QED) is 0.452. The van der Waals surface area contributed by atoms with Crippen LogP contribution in [0.1, 0.15) is 59.6 Å². The molecule has 2 nitrogen and oxygen atoms in total. The largest absolute Gasteiger partial charge is 0.573 e. The Morgan fingerprint density at radius 2 is 1.10 bits per heavy atom. The summed E-state index contributed by atoms with van der Waals surface area (Å²) in [6.07, 6.45) is -4.69. The second kappa shape index (κ2) is 10.1. The first-order valence-electron chi connectivity index (χ1n) is 9.52. The molecule has 0 bridgehead atoms. The topological polar surface area (TPSA) is 18.5 Å². The third kappa shape index (κ3) is 9.48. The van der Waals surface area contributed by atoms with Gasteiger partial charge in [-0.3, -0.25) is 0 Å². The molecule has 168 valence electrons. The van der Waals surface area contributed by atoms with Crippen molar-refractivity contribution in [3.8, 4) is 11.5 Å². The molecule has 0 aliphatic heterocycles. The second-order valence-corrected chi connectivity index (χ2v) is 9.70. The minimum absolute atomic E-state index is 0.108. The molecule has 0 saturated heterocycles. The van der Waals surface area contributed by atoms with Gasteiger partial charge in [0.15, 0.2) is 0 Å². The Labute approximate surface area is 187 Å². The van der Waals surface area contributed by atoms with Gasteiger partial charge in [-0.1, -0.05) is 64.7 Å². The van der Waals surface area contributed by atoms with Crippen molar-refractivity contribution in [2.24, 2.45) is 0 Å². The van der Waals surface area contributed by atoms with Gasteiger partial charge in [-0.05, 0) is 65.3 Å². The van der Waals surface area contributed by atoms with Gasteiger partial charge in [0, 0.05) is 10.0 Å². The summed E-state index contributed by atoms with van der Waals surface area (Å²) in [4.78, 5) is 0. The number of benzene rings is 2. The molecule has 0 heterocycles. The van der Waals surface area contributed by atoms with E-state index in [0.717, 1.165) is 16.8 Å². The van der Waals surface area contributed by atoms with E-state index in [1.54, 1.807) is 6.07 Å². The Balaban J connectivity index is 0.000000303. The maximum absolute atomic E-state index is 12.0. The fraction of sp³-hybridized carbons (Fsp3) is 0.478. The average molecular weight is 465 g/mol. The van der Waals surface area contributed by atoms with Crippen molar-refractivity contribution < 1.29 is 22.6 Å². The molecule has 0 fully saturated rings. The number of hydrogen-bond acceptors (Lipinski definition) is 2. The monoisotopic (exact) mass is 464 g/mol. The summed E-state index contributed by atoms with van der Waals surface area (Å²) in [5.74, 6) is 0.565. The van der Waals surface area contributed by atoms with Crippen LogP contribution < -0.4 is 9.47 Å². The molecular weight excluding hydrogens is 436 g/mol. The Kier molecular flexibility index (Phi) is 8.94. The third-order valence-electron chi connectivity index (χ3n) is 4.02. The van der Waals surface area contributed by atoms with Crippen LogP contribution in [0.25, 0.3) is 0 Å². The van der Waals surface area contributed by atoms with Crippen molar-refractivity contribution in [3.05, 3.63) is 57.6 Å². The standard InChI is InChI=1S/C12H17ClO.C11H12ClF3O/c1-5-14-11-7-9(12(2,3)4)6-10(13)8-11;1-10(2,3)7-4-8(12)6-9(5-7)16-11(13,14)15/h6-8H,5H2,1-4H3;4-6H,1-3H3. The van der Waals surface area contributed by atoms with E-state index in [1.807, 2.05) is 39.8 Å². The van der Waals surface area contributed by atoms with Crippen LogP contribution >= 0.6 is 23.2 Å². The van der Waals surface area contributed by atoms with Crippen LogP contribution in [0.4, 0.5) is 13.2 Å². The van der Waals surface area contributed by atoms with Crippen molar-refractivity contribution >= 4 is 23.2 Å². The van der Waals surface area contributed by atoms with E-state index in [4.69, 9.17) is 27.9 Å². The third-order valence-corrected chi connectivity index (χ3v) is 4.46. The number of hydrogen-bond donors (Lipinski definition) is 0. The van der Waals surface area contributed by atoms with Gasteiger partial charge in [-0.15, -0.1) is 13.2 Å². The number of halogens is 5. The second-order valence-electron chi connectivity index (χ2n) is 8.83. The smallest absolute Gasteiger partial charge is 0.494 e. The molecule has 7 heteroatoms. The number of rotatable bonds is 3. The SMILES string of the molecule is CC(C)(C)c1cc(Cl)cc(OC(F)(F)F)c1.CCOc1cc(Cl)cc(C(C)(C)C)c1. The molecule has 0 amide bonds. The van der Waals surface area contributed by atoms with E-state index in [0.29, 0.717) is 12.2 Å². The number of ether oxygens (including phenoxy) is 2. The average Bonchev–Trinajstić information content (AvgIpc) is 2.51. The van der Waals surface area contributed by atoms with Crippen LogP contribution in [0.3, 0.4) is 0 Å². The lowest BCUT2D eigenvalue weighted by atomic mass is 9.87. The molecule has 0 radical (unpaired) electrons. The minimum Gasteiger partial charge on any atom is -0.494 e. The first kappa shape index (κ1) is 26.4. The summed E-state index contributed by atoms with van der Waals surface area (Å²) < 4.78 is 45.4. The molecule has 0 aliphatic rings. The molecule has 0 aromatic heterocycles. The maximum Gasteiger partial charge on any atom is 0.573 e. The Hall–Kier alpha value is -1.59. The normalized spacial score (nSPS) is 12.1. The molecule has 0 aliphatic carbocycles. The fourth-order valence-corrected chi connectivity index (χ4v) is 2.88. The Bertz CT molecular complexity index is 836. The Morgan fingerprint density at radius 3 is 1.47 bits per heavy atom. The van der Waals surface area contributed by atoms with E-state index in [9.17, 15) is 13.2 Å². The lowest BCUT2D eigenvalue weighted by Crippen LogP contribution is -2.18. The molecule has 2 aromatic carbocycles. The highest BCUT2D eigenvalue weighted by Crippen LogP contribution is 2.32. The van der Waals surface area contributed by atoms with Gasteiger partial charge >= 0.3 is 6.36 Å². The van der Waals surface area contributed by atoms with Crippen LogP contribution in [-0.4, -0.2) is 13.0 Å². The van der Waals surface area contributed by atoms with E-state index >= 15 is 0 Å². The van der Waals surface area contributed by atoms with Crippen molar-refractivity contribution in [3.63, 3.8) is 0 Å². The molecule has 30 heavy (non-hydrogen) atoms. The van der Waals surface area contributed by atoms with Crippen LogP contribution in [0.2, 0.25) is 10.0 Å². The van der Waals surface area contributed by atoms with Gasteiger partial charge < -0.3 is 9.47 Å². The summed E-state index contributed by atoms with van der Waals surface area (Å²) in [6, 6.07) is 10.0. The first-order chi connectivity index (χ1) is 13.5. The van der Waals surface area contributed by atoms with Crippen LogP contribution in [0.15, 0.2) is 36.4 Å². The summed E-state index contributed by atoms with van der Waals surface area (Å²) in [5, 5.41) is 0.965. The van der Waals surface area contributed by atoms with Gasteiger partial charge in [-0.25, -0.2) is 0 Å². The van der Waals surface area contributed by atoms with Gasteiger partial charge in [0.05, 0.1) is 6.61 Å². The molecule has 0 N–H and O–H groups in total. The van der Waals surface area contributed by atoms with E-state index < -0.39 is 6.36 Å². The maximum atomic E-state index is 12.0. The lowest BCUT2D eigenvalue weighted by Gasteiger charge is -2.20. The van der Waals surface area contributed by atoms with Crippen molar-refractivity contribution in [1.29, 1.82) is 0 Å². The minimum atomic E-state index is -4.69. The molecule has 2 rings (SSSR count). The lowest BCUT2D eigenvalue weighted by molar-refractivity contribution is -0.274. The summed E-state index contributed by atoms with van der Waals surface area (Å²) in [5.41, 5.74) is 1.72. The fourth-order valence-electron chi connectivity index (χ4n) is 2.43. The van der Waals surface area contributed by atoms with Crippen LogP contribution in [-0.2, 0) is 10.8 Å². The van der Waals surface area contributed by atoms with Crippen molar-refractivity contribution in [2.75, 3.05) is 6.61 Å². The summed E-state index contributed by atoms with van der Waals surface area (Å²) in [7, 11) is 0. The highest BCUT2D eigenvalue weighted by molar-refractivity contribution is 6.31. The van der Waals surface area contributed by atoms with Gasteiger partial charge in [0.2, 0.25) is 0 Å². The predicted octanol–water partition coefficient (Wildman–Crippen LogP) is 8.57. The highest BCUT2D eigenvalue weighted by atomic mass is 35.5. The molecule has 0 spiro atoms. The predicted molar refractivity (Wildman–Crippen MR) is 118 cm³/mol. The van der Waals surface area contributed by atoms with E-state index in [-0.39, 0.29) is 21.6 Å². The van der Waals surface area contributed by atoms with Gasteiger partial charge in [0.25, 0.3) is 0 Å². The van der Waals surface area contributed by atoms with Crippen LogP contribution in [0.5, 0.6) is 11.5 Å². The van der Waals surface area contributed by atoms with E-state index in [1.165, 1.54) is 11.6 Å². The zero-order chi connectivity index (χ0) is 23.3. The van der Waals surface area contributed by atoms with Crippen LogP contribution in [0, 0.1) is 0 Å². The van der Waals surface area contributed by atoms with Crippen molar-refractivity contribution in [1.82, 2.24) is 0 Å². The molecule has 0 saturated carbocycles. The summed E-state index contributed by atoms with van der Waals surface area (Å²) in [6.45, 7) is 14.8. The molecule has 0 unspecified atom stereocenters.